The van der Waals surface area contributed by atoms with Crippen LogP contribution in [0.5, 0.6) is 0 Å². The first-order valence-electron chi connectivity index (χ1n) is 4.97. The Morgan fingerprint density at radius 3 is 3.06 bits per heavy atom. The van der Waals surface area contributed by atoms with E-state index in [9.17, 15) is 4.79 Å². The van der Waals surface area contributed by atoms with Crippen molar-refractivity contribution >= 4 is 29.0 Å². The third-order valence-electron chi connectivity index (χ3n) is 2.07. The maximum absolute atomic E-state index is 11.9. The number of hydrogen-bond acceptors (Lipinski definition) is 4. The van der Waals surface area contributed by atoms with Gasteiger partial charge in [0.05, 0.1) is 21.9 Å². The molecule has 0 spiro atoms. The second-order valence-corrected chi connectivity index (χ2v) is 5.95. The summed E-state index contributed by atoms with van der Waals surface area (Å²) < 4.78 is 1.15. The average Bonchev–Trinajstić information content (AvgIpc) is 2.77. The number of hydrogen-bond donors (Lipinski definition) is 0. The van der Waals surface area contributed by atoms with E-state index in [0.29, 0.717) is 13.0 Å². The molecule has 16 heavy (non-hydrogen) atoms. The highest BCUT2D eigenvalue weighted by atomic mass is 32.2. The van der Waals surface area contributed by atoms with E-state index < -0.39 is 0 Å². The Bertz CT molecular complexity index is 370. The van der Waals surface area contributed by atoms with E-state index in [1.165, 1.54) is 0 Å². The lowest BCUT2D eigenvalue weighted by molar-refractivity contribution is -0.128. The van der Waals surface area contributed by atoms with Crippen LogP contribution in [0.3, 0.4) is 0 Å². The normalized spacial score (nSPS) is 11.8. The van der Waals surface area contributed by atoms with Crippen LogP contribution in [0, 0.1) is 11.3 Å². The molecule has 1 heterocycles. The third kappa shape index (κ3) is 3.87. The fourth-order valence-corrected chi connectivity index (χ4v) is 3.25. The second kappa shape index (κ2) is 6.56. The summed E-state index contributed by atoms with van der Waals surface area (Å²) >= 11 is 3.20. The van der Waals surface area contributed by atoms with Gasteiger partial charge in [-0.05, 0) is 18.4 Å². The molecule has 1 unspecified atom stereocenters. The molecular formula is C11H14N2OS2. The topological polar surface area (TPSA) is 44.1 Å². The smallest absolute Gasteiger partial charge is 0.235 e. The molecule has 0 aliphatic rings. The standard InChI is InChI=1S/C11H14N2OS2/c1-9(16-10-5-3-8-15-10)11(14)13(2)7-4-6-12/h3,5,8-9H,4,7H2,1-2H3. The van der Waals surface area contributed by atoms with Gasteiger partial charge in [-0.3, -0.25) is 4.79 Å². The monoisotopic (exact) mass is 254 g/mol. The van der Waals surface area contributed by atoms with Crippen molar-refractivity contribution < 1.29 is 4.79 Å². The molecule has 0 bridgehead atoms. The van der Waals surface area contributed by atoms with Gasteiger partial charge in [0.1, 0.15) is 0 Å². The van der Waals surface area contributed by atoms with Gasteiger partial charge in [-0.1, -0.05) is 6.07 Å². The van der Waals surface area contributed by atoms with Crippen molar-refractivity contribution in [2.45, 2.75) is 22.8 Å². The SMILES string of the molecule is CC(Sc1cccs1)C(=O)N(C)CCC#N. The molecule has 0 fully saturated rings. The van der Waals surface area contributed by atoms with E-state index in [1.54, 1.807) is 35.0 Å². The number of thioether (sulfide) groups is 1. The van der Waals surface area contributed by atoms with Crippen LogP contribution in [0.4, 0.5) is 0 Å². The predicted molar refractivity (Wildman–Crippen MR) is 67.5 cm³/mol. The molecule has 3 nitrogen and oxygen atoms in total. The largest absolute Gasteiger partial charge is 0.344 e. The Balaban J connectivity index is 2.44. The first kappa shape index (κ1) is 13.1. The highest BCUT2D eigenvalue weighted by Crippen LogP contribution is 2.28. The van der Waals surface area contributed by atoms with Crippen molar-refractivity contribution in [3.05, 3.63) is 17.5 Å². The Morgan fingerprint density at radius 2 is 2.50 bits per heavy atom. The van der Waals surface area contributed by atoms with Gasteiger partial charge in [0, 0.05) is 13.6 Å². The molecule has 0 radical (unpaired) electrons. The molecule has 1 rings (SSSR count). The van der Waals surface area contributed by atoms with Crippen LogP contribution >= 0.6 is 23.1 Å². The summed E-state index contributed by atoms with van der Waals surface area (Å²) in [7, 11) is 1.74. The molecule has 5 heteroatoms. The molecule has 1 aromatic heterocycles. The lowest BCUT2D eigenvalue weighted by Gasteiger charge is -2.19. The van der Waals surface area contributed by atoms with Gasteiger partial charge in [-0.15, -0.1) is 23.1 Å². The Labute approximate surface area is 104 Å². The molecule has 1 amide bonds. The van der Waals surface area contributed by atoms with E-state index in [0.717, 1.165) is 4.21 Å². The van der Waals surface area contributed by atoms with E-state index in [4.69, 9.17) is 5.26 Å². The number of nitrogens with zero attached hydrogens (tertiary/aromatic N) is 2. The second-order valence-electron chi connectivity index (χ2n) is 3.36. The fourth-order valence-electron chi connectivity index (χ4n) is 1.19. The number of rotatable bonds is 5. The zero-order chi connectivity index (χ0) is 12.0. The first-order valence-corrected chi connectivity index (χ1v) is 6.73. The van der Waals surface area contributed by atoms with Crippen molar-refractivity contribution in [1.29, 1.82) is 5.26 Å². The van der Waals surface area contributed by atoms with Crippen molar-refractivity contribution in [3.63, 3.8) is 0 Å². The maximum atomic E-state index is 11.9. The first-order chi connectivity index (χ1) is 7.65. The number of amides is 1. The van der Waals surface area contributed by atoms with Crippen molar-refractivity contribution in [2.24, 2.45) is 0 Å². The Hall–Kier alpha value is -0.990. The zero-order valence-corrected chi connectivity index (χ0v) is 11.0. The summed E-state index contributed by atoms with van der Waals surface area (Å²) in [5, 5.41) is 10.4. The van der Waals surface area contributed by atoms with Crippen molar-refractivity contribution in [3.8, 4) is 6.07 Å². The summed E-state index contributed by atoms with van der Waals surface area (Å²) in [5.41, 5.74) is 0. The van der Waals surface area contributed by atoms with Gasteiger partial charge in [-0.25, -0.2) is 0 Å². The van der Waals surface area contributed by atoms with E-state index in [1.807, 2.05) is 30.5 Å². The van der Waals surface area contributed by atoms with Crippen LogP contribution in [-0.2, 0) is 4.79 Å². The van der Waals surface area contributed by atoms with Crippen molar-refractivity contribution in [2.75, 3.05) is 13.6 Å². The van der Waals surface area contributed by atoms with Gasteiger partial charge in [-0.2, -0.15) is 5.26 Å². The van der Waals surface area contributed by atoms with Gasteiger partial charge >= 0.3 is 0 Å². The lowest BCUT2D eigenvalue weighted by atomic mass is 10.3. The molecule has 0 aliphatic carbocycles. The van der Waals surface area contributed by atoms with E-state index >= 15 is 0 Å². The lowest BCUT2D eigenvalue weighted by Crippen LogP contribution is -2.33. The van der Waals surface area contributed by atoms with Gasteiger partial charge < -0.3 is 4.90 Å². The highest BCUT2D eigenvalue weighted by molar-refractivity contribution is 8.02. The van der Waals surface area contributed by atoms with Crippen LogP contribution in [0.1, 0.15) is 13.3 Å². The molecule has 0 aliphatic heterocycles. The minimum Gasteiger partial charge on any atom is -0.344 e. The Kier molecular flexibility index (Phi) is 5.36. The fraction of sp³-hybridized carbons (Fsp3) is 0.455. The van der Waals surface area contributed by atoms with Crippen LogP contribution in [0.25, 0.3) is 0 Å². The maximum Gasteiger partial charge on any atom is 0.235 e. The molecule has 1 atom stereocenters. The molecule has 1 aromatic rings. The average molecular weight is 254 g/mol. The number of nitriles is 1. The van der Waals surface area contributed by atoms with E-state index in [2.05, 4.69) is 0 Å². The molecule has 0 saturated heterocycles. The Morgan fingerprint density at radius 1 is 1.75 bits per heavy atom. The van der Waals surface area contributed by atoms with Crippen molar-refractivity contribution in [1.82, 2.24) is 4.90 Å². The predicted octanol–water partition coefficient (Wildman–Crippen LogP) is 2.60. The third-order valence-corrected chi connectivity index (χ3v) is 4.23. The molecule has 86 valence electrons. The van der Waals surface area contributed by atoms with Gasteiger partial charge in [0.25, 0.3) is 0 Å². The minimum atomic E-state index is -0.0951. The molecule has 0 saturated carbocycles. The summed E-state index contributed by atoms with van der Waals surface area (Å²) in [6.07, 6.45) is 0.388. The van der Waals surface area contributed by atoms with Gasteiger partial charge in [0.2, 0.25) is 5.91 Å². The zero-order valence-electron chi connectivity index (χ0n) is 9.34. The molecular weight excluding hydrogens is 240 g/mol. The quantitative estimate of drug-likeness (QED) is 0.759. The molecule has 0 aromatic carbocycles. The highest BCUT2D eigenvalue weighted by Gasteiger charge is 2.18. The summed E-state index contributed by atoms with van der Waals surface area (Å²) in [6.45, 7) is 2.40. The summed E-state index contributed by atoms with van der Waals surface area (Å²) in [5.74, 6) is 0.0775. The number of carbonyl (C=O) groups is 1. The minimum absolute atomic E-state index is 0.0775. The van der Waals surface area contributed by atoms with Crippen LogP contribution < -0.4 is 0 Å². The van der Waals surface area contributed by atoms with E-state index in [-0.39, 0.29) is 11.2 Å². The number of carbonyl (C=O) groups excluding carboxylic acids is 1. The number of thiophene rings is 1. The van der Waals surface area contributed by atoms with Crippen LogP contribution in [0.15, 0.2) is 21.7 Å². The molecule has 0 N–H and O–H groups in total. The summed E-state index contributed by atoms with van der Waals surface area (Å²) in [6, 6.07) is 6.02. The van der Waals surface area contributed by atoms with Crippen LogP contribution in [-0.4, -0.2) is 29.6 Å². The van der Waals surface area contributed by atoms with Crippen LogP contribution in [0.2, 0.25) is 0 Å². The summed E-state index contributed by atoms with van der Waals surface area (Å²) in [4.78, 5) is 13.5. The van der Waals surface area contributed by atoms with Gasteiger partial charge in [0.15, 0.2) is 0 Å².